The highest BCUT2D eigenvalue weighted by atomic mass is 16.2. The van der Waals surface area contributed by atoms with Crippen molar-refractivity contribution >= 4 is 5.91 Å². The van der Waals surface area contributed by atoms with E-state index in [0.29, 0.717) is 11.8 Å². The minimum Gasteiger partial charge on any atom is -0.339 e. The van der Waals surface area contributed by atoms with Crippen molar-refractivity contribution in [3.8, 4) is 0 Å². The molecule has 0 saturated carbocycles. The largest absolute Gasteiger partial charge is 0.339 e. The monoisotopic (exact) mass is 155 g/mol. The van der Waals surface area contributed by atoms with Gasteiger partial charge in [0.25, 0.3) is 0 Å². The zero-order valence-corrected chi connectivity index (χ0v) is 7.85. The van der Waals surface area contributed by atoms with Gasteiger partial charge in [0.05, 0.1) is 0 Å². The summed E-state index contributed by atoms with van der Waals surface area (Å²) >= 11 is 0. The van der Waals surface area contributed by atoms with Gasteiger partial charge in [0.2, 0.25) is 5.91 Å². The fourth-order valence-corrected chi connectivity index (χ4v) is 0.908. The molecular weight excluding hydrogens is 138 g/mol. The fourth-order valence-electron chi connectivity index (χ4n) is 0.908. The average Bonchev–Trinajstić information content (AvgIpc) is 2.66. The third-order valence-electron chi connectivity index (χ3n) is 2.73. The maximum Gasteiger partial charge on any atom is 0.228 e. The van der Waals surface area contributed by atoms with E-state index in [1.807, 2.05) is 18.7 Å². The average molecular weight is 155 g/mol. The van der Waals surface area contributed by atoms with Gasteiger partial charge in [0.15, 0.2) is 0 Å². The molecule has 2 heteroatoms. The van der Waals surface area contributed by atoms with Gasteiger partial charge < -0.3 is 4.90 Å². The summed E-state index contributed by atoms with van der Waals surface area (Å²) < 4.78 is 0. The second-order valence-corrected chi connectivity index (χ2v) is 4.17. The maximum absolute atomic E-state index is 11.6. The van der Waals surface area contributed by atoms with E-state index in [-0.39, 0.29) is 5.41 Å². The second kappa shape index (κ2) is 2.50. The van der Waals surface area contributed by atoms with Crippen LogP contribution in [0.1, 0.15) is 27.7 Å². The first-order valence-corrected chi connectivity index (χ1v) is 4.25. The lowest BCUT2D eigenvalue weighted by molar-refractivity contribution is -0.136. The molecule has 0 aromatic rings. The molecule has 64 valence electrons. The minimum absolute atomic E-state index is 0.170. The highest BCUT2D eigenvalue weighted by Crippen LogP contribution is 2.30. The van der Waals surface area contributed by atoms with Crippen LogP contribution >= 0.6 is 0 Å². The van der Waals surface area contributed by atoms with Gasteiger partial charge in [-0.15, -0.1) is 0 Å². The predicted molar refractivity (Wildman–Crippen MR) is 45.2 cm³/mol. The van der Waals surface area contributed by atoms with Crippen LogP contribution in [0, 0.1) is 11.3 Å². The summed E-state index contributed by atoms with van der Waals surface area (Å²) in [6.45, 7) is 10.2. The van der Waals surface area contributed by atoms with Crippen molar-refractivity contribution in [1.29, 1.82) is 0 Å². The number of nitrogens with zero attached hydrogens (tertiary/aromatic N) is 1. The van der Waals surface area contributed by atoms with Crippen LogP contribution in [0.25, 0.3) is 0 Å². The summed E-state index contributed by atoms with van der Waals surface area (Å²) in [7, 11) is 0. The summed E-state index contributed by atoms with van der Waals surface area (Å²) in [5.41, 5.74) is -0.170. The van der Waals surface area contributed by atoms with Gasteiger partial charge in [0.1, 0.15) is 0 Å². The Morgan fingerprint density at radius 1 is 1.36 bits per heavy atom. The molecule has 0 bridgehead atoms. The Morgan fingerprint density at radius 3 is 2.09 bits per heavy atom. The molecule has 0 aromatic carbocycles. The van der Waals surface area contributed by atoms with Gasteiger partial charge in [-0.3, -0.25) is 4.79 Å². The third-order valence-corrected chi connectivity index (χ3v) is 2.73. The molecule has 1 amide bonds. The molecule has 1 heterocycles. The lowest BCUT2D eigenvalue weighted by atomic mass is 9.80. The van der Waals surface area contributed by atoms with Crippen molar-refractivity contribution in [2.45, 2.75) is 27.7 Å². The highest BCUT2D eigenvalue weighted by molar-refractivity contribution is 5.83. The van der Waals surface area contributed by atoms with Crippen LogP contribution in [0.15, 0.2) is 0 Å². The van der Waals surface area contributed by atoms with Crippen LogP contribution in [0.2, 0.25) is 0 Å². The van der Waals surface area contributed by atoms with Crippen LogP contribution < -0.4 is 0 Å². The SMILES string of the molecule is CC(C)C(C)(C)C(=O)N1CC1. The zero-order valence-electron chi connectivity index (χ0n) is 7.85. The van der Waals surface area contributed by atoms with Crippen molar-refractivity contribution < 1.29 is 4.79 Å². The molecule has 1 rings (SSSR count). The van der Waals surface area contributed by atoms with Crippen LogP contribution in [-0.4, -0.2) is 23.9 Å². The number of rotatable bonds is 2. The molecule has 2 nitrogen and oxygen atoms in total. The molecule has 0 unspecified atom stereocenters. The molecule has 0 N–H and O–H groups in total. The Labute approximate surface area is 68.6 Å². The number of carbonyl (C=O) groups excluding carboxylic acids is 1. The fraction of sp³-hybridized carbons (Fsp3) is 0.889. The Bertz CT molecular complexity index is 168. The summed E-state index contributed by atoms with van der Waals surface area (Å²) in [4.78, 5) is 13.5. The molecule has 0 aromatic heterocycles. The van der Waals surface area contributed by atoms with Gasteiger partial charge in [-0.1, -0.05) is 27.7 Å². The Hall–Kier alpha value is -0.530. The van der Waals surface area contributed by atoms with Crippen molar-refractivity contribution in [2.24, 2.45) is 11.3 Å². The number of carbonyl (C=O) groups is 1. The third kappa shape index (κ3) is 1.55. The minimum atomic E-state index is -0.170. The summed E-state index contributed by atoms with van der Waals surface area (Å²) in [5, 5.41) is 0. The first kappa shape index (κ1) is 8.57. The molecule has 0 atom stereocenters. The molecule has 1 aliphatic heterocycles. The quantitative estimate of drug-likeness (QED) is 0.553. The summed E-state index contributed by atoms with van der Waals surface area (Å²) in [5.74, 6) is 0.739. The van der Waals surface area contributed by atoms with E-state index in [4.69, 9.17) is 0 Å². The summed E-state index contributed by atoms with van der Waals surface area (Å²) in [6, 6.07) is 0. The molecule has 0 aliphatic carbocycles. The second-order valence-electron chi connectivity index (χ2n) is 4.17. The number of hydrogen-bond donors (Lipinski definition) is 0. The van der Waals surface area contributed by atoms with E-state index in [1.54, 1.807) is 0 Å². The van der Waals surface area contributed by atoms with Gasteiger partial charge in [-0.25, -0.2) is 0 Å². The zero-order chi connectivity index (χ0) is 8.65. The van der Waals surface area contributed by atoms with Crippen LogP contribution in [0.4, 0.5) is 0 Å². The van der Waals surface area contributed by atoms with Crippen molar-refractivity contribution in [3.05, 3.63) is 0 Å². The van der Waals surface area contributed by atoms with E-state index in [0.717, 1.165) is 13.1 Å². The van der Waals surface area contributed by atoms with Crippen molar-refractivity contribution in [2.75, 3.05) is 13.1 Å². The molecule has 0 radical (unpaired) electrons. The highest BCUT2D eigenvalue weighted by Gasteiger charge is 2.38. The Kier molecular flexibility index (Phi) is 1.95. The molecule has 1 fully saturated rings. The number of hydrogen-bond acceptors (Lipinski definition) is 1. The maximum atomic E-state index is 11.6. The molecule has 11 heavy (non-hydrogen) atoms. The van der Waals surface area contributed by atoms with E-state index >= 15 is 0 Å². The van der Waals surface area contributed by atoms with Crippen molar-refractivity contribution in [3.63, 3.8) is 0 Å². The van der Waals surface area contributed by atoms with Crippen molar-refractivity contribution in [1.82, 2.24) is 4.90 Å². The van der Waals surface area contributed by atoms with E-state index in [2.05, 4.69) is 13.8 Å². The van der Waals surface area contributed by atoms with Gasteiger partial charge in [-0.05, 0) is 5.92 Å². The molecule has 0 spiro atoms. The first-order chi connectivity index (χ1) is 4.96. The molecule has 1 saturated heterocycles. The van der Waals surface area contributed by atoms with E-state index in [1.165, 1.54) is 0 Å². The predicted octanol–water partition coefficient (Wildman–Crippen LogP) is 1.51. The van der Waals surface area contributed by atoms with Crippen LogP contribution in [-0.2, 0) is 4.79 Å². The number of amides is 1. The summed E-state index contributed by atoms with van der Waals surface area (Å²) in [6.07, 6.45) is 0. The van der Waals surface area contributed by atoms with Gasteiger partial charge in [0, 0.05) is 18.5 Å². The smallest absolute Gasteiger partial charge is 0.228 e. The van der Waals surface area contributed by atoms with Gasteiger partial charge in [-0.2, -0.15) is 0 Å². The Balaban J connectivity index is 2.62. The van der Waals surface area contributed by atoms with Crippen LogP contribution in [0.3, 0.4) is 0 Å². The lowest BCUT2D eigenvalue weighted by Gasteiger charge is -2.27. The Morgan fingerprint density at radius 2 is 1.82 bits per heavy atom. The lowest BCUT2D eigenvalue weighted by Crippen LogP contribution is -2.34. The molecule has 1 aliphatic rings. The van der Waals surface area contributed by atoms with Crippen LogP contribution in [0.5, 0.6) is 0 Å². The first-order valence-electron chi connectivity index (χ1n) is 4.25. The topological polar surface area (TPSA) is 20.1 Å². The standard InChI is InChI=1S/C9H17NO/c1-7(2)9(3,4)8(11)10-5-6-10/h7H,5-6H2,1-4H3. The van der Waals surface area contributed by atoms with E-state index in [9.17, 15) is 4.79 Å². The van der Waals surface area contributed by atoms with E-state index < -0.39 is 0 Å². The normalized spacial score (nSPS) is 17.4. The van der Waals surface area contributed by atoms with Gasteiger partial charge >= 0.3 is 0 Å². The molecular formula is C9H17NO.